The largest absolute Gasteiger partial charge is 0.396 e. The van der Waals surface area contributed by atoms with Crippen molar-refractivity contribution in [3.63, 3.8) is 0 Å². The van der Waals surface area contributed by atoms with Crippen LogP contribution in [0.15, 0.2) is 60.7 Å². The lowest BCUT2D eigenvalue weighted by atomic mass is 9.76. The monoisotopic (exact) mass is 336 g/mol. The van der Waals surface area contributed by atoms with Crippen LogP contribution in [0.1, 0.15) is 29.4 Å². The Bertz CT molecular complexity index is 727. The van der Waals surface area contributed by atoms with Crippen LogP contribution in [0.25, 0.3) is 0 Å². The van der Waals surface area contributed by atoms with Crippen molar-refractivity contribution in [1.29, 1.82) is 0 Å². The van der Waals surface area contributed by atoms with Gasteiger partial charge in [0, 0.05) is 25.0 Å². The second kappa shape index (κ2) is 6.74. The van der Waals surface area contributed by atoms with Crippen molar-refractivity contribution in [2.24, 2.45) is 23.7 Å². The van der Waals surface area contributed by atoms with E-state index in [-0.39, 0.29) is 54.5 Å². The predicted octanol–water partition coefficient (Wildman–Crippen LogP) is 2.99. The lowest BCUT2D eigenvalue weighted by molar-refractivity contribution is -0.123. The fourth-order valence-electron chi connectivity index (χ4n) is 5.35. The van der Waals surface area contributed by atoms with E-state index in [1.165, 1.54) is 0 Å². The highest BCUT2D eigenvalue weighted by molar-refractivity contribution is 5.92. The Morgan fingerprint density at radius 3 is 1.88 bits per heavy atom. The third kappa shape index (κ3) is 2.62. The van der Waals surface area contributed by atoms with Gasteiger partial charge in [0.25, 0.3) is 0 Å². The van der Waals surface area contributed by atoms with E-state index in [1.54, 1.807) is 0 Å². The summed E-state index contributed by atoms with van der Waals surface area (Å²) in [6, 6.07) is 20.2. The van der Waals surface area contributed by atoms with Crippen LogP contribution in [0.3, 0.4) is 0 Å². The van der Waals surface area contributed by atoms with Gasteiger partial charge in [0.05, 0.1) is 5.92 Å². The maximum atomic E-state index is 13.4. The normalized spacial score (nSPS) is 34.2. The number of rotatable bonds is 4. The highest BCUT2D eigenvalue weighted by Gasteiger charge is 2.59. The predicted molar refractivity (Wildman–Crippen MR) is 96.1 cm³/mol. The van der Waals surface area contributed by atoms with Crippen LogP contribution in [0.4, 0.5) is 0 Å². The van der Waals surface area contributed by atoms with Crippen LogP contribution in [0.2, 0.25) is 0 Å². The zero-order valence-corrected chi connectivity index (χ0v) is 14.2. The Morgan fingerprint density at radius 2 is 1.32 bits per heavy atom. The van der Waals surface area contributed by atoms with E-state index >= 15 is 0 Å². The van der Waals surface area contributed by atoms with Gasteiger partial charge in [-0.3, -0.25) is 4.79 Å². The summed E-state index contributed by atoms with van der Waals surface area (Å²) in [5.41, 5.74) is 2.21. The Hall–Kier alpha value is -1.97. The van der Waals surface area contributed by atoms with Crippen LogP contribution in [-0.4, -0.2) is 29.2 Å². The highest BCUT2D eigenvalue weighted by atomic mass is 16.3. The molecule has 0 radical (unpaired) electrons. The molecular formula is C22H24O3. The van der Waals surface area contributed by atoms with Crippen molar-refractivity contribution < 1.29 is 15.0 Å². The average Bonchev–Trinajstić information content (AvgIpc) is 3.18. The first-order valence-electron chi connectivity index (χ1n) is 9.11. The van der Waals surface area contributed by atoms with Crippen LogP contribution < -0.4 is 0 Å². The molecule has 2 aromatic rings. The quantitative estimate of drug-likeness (QED) is 0.902. The molecule has 2 fully saturated rings. The fourth-order valence-corrected chi connectivity index (χ4v) is 5.35. The van der Waals surface area contributed by atoms with Gasteiger partial charge in [0.2, 0.25) is 0 Å². The fraction of sp³-hybridized carbons (Fsp3) is 0.409. The maximum Gasteiger partial charge on any atom is 0.144 e. The van der Waals surface area contributed by atoms with E-state index < -0.39 is 0 Å². The lowest BCUT2D eigenvalue weighted by Gasteiger charge is -2.28. The number of benzene rings is 2. The standard InChI is InChI=1S/C22H24O3/c23-12-16-11-17(13-24)21-19(16)18(14-7-3-1-4-8-14)20(22(21)25)15-9-5-2-6-10-15/h1-10,16-21,23-24H,11-13H2/t16-,17+,18+,19+,20-,21+/m0/s1. The van der Waals surface area contributed by atoms with Crippen LogP contribution in [0.5, 0.6) is 0 Å². The van der Waals surface area contributed by atoms with E-state index in [9.17, 15) is 15.0 Å². The van der Waals surface area contributed by atoms with Gasteiger partial charge >= 0.3 is 0 Å². The molecule has 0 heterocycles. The summed E-state index contributed by atoms with van der Waals surface area (Å²) in [6.07, 6.45) is 0.735. The SMILES string of the molecule is O=C1[C@@H]2[C@@H](CO)C[C@@H](CO)[C@@H]2[C@@H](c2ccccc2)[C@@H]1c1ccccc1. The number of ketones is 1. The number of aliphatic hydroxyl groups excluding tert-OH is 2. The average molecular weight is 336 g/mol. The third-order valence-electron chi connectivity index (χ3n) is 6.29. The van der Waals surface area contributed by atoms with Crippen LogP contribution in [-0.2, 0) is 4.79 Å². The van der Waals surface area contributed by atoms with Crippen LogP contribution >= 0.6 is 0 Å². The summed E-state index contributed by atoms with van der Waals surface area (Å²) in [5.74, 6) is 0.0938. The molecule has 2 aliphatic rings. The first-order valence-corrected chi connectivity index (χ1v) is 9.11. The van der Waals surface area contributed by atoms with Gasteiger partial charge < -0.3 is 10.2 Å². The topological polar surface area (TPSA) is 57.5 Å². The van der Waals surface area contributed by atoms with Gasteiger partial charge in [-0.2, -0.15) is 0 Å². The summed E-state index contributed by atoms with van der Waals surface area (Å²) in [7, 11) is 0. The zero-order chi connectivity index (χ0) is 17.4. The van der Waals surface area contributed by atoms with Crippen molar-refractivity contribution >= 4 is 5.78 Å². The molecule has 2 saturated carbocycles. The van der Waals surface area contributed by atoms with Gasteiger partial charge in [-0.25, -0.2) is 0 Å². The van der Waals surface area contributed by atoms with Crippen molar-refractivity contribution in [3.8, 4) is 0 Å². The lowest BCUT2D eigenvalue weighted by Crippen LogP contribution is -2.22. The summed E-state index contributed by atoms with van der Waals surface area (Å²) in [4.78, 5) is 13.4. The van der Waals surface area contributed by atoms with E-state index in [2.05, 4.69) is 12.1 Å². The molecule has 25 heavy (non-hydrogen) atoms. The maximum absolute atomic E-state index is 13.4. The second-order valence-electron chi connectivity index (χ2n) is 7.45. The summed E-state index contributed by atoms with van der Waals surface area (Å²) >= 11 is 0. The molecule has 2 aromatic carbocycles. The molecule has 6 atom stereocenters. The van der Waals surface area contributed by atoms with Crippen LogP contribution in [0, 0.1) is 23.7 Å². The van der Waals surface area contributed by atoms with E-state index in [4.69, 9.17) is 0 Å². The molecule has 0 amide bonds. The molecule has 0 saturated heterocycles. The third-order valence-corrected chi connectivity index (χ3v) is 6.29. The minimum Gasteiger partial charge on any atom is -0.396 e. The Kier molecular flexibility index (Phi) is 4.45. The van der Waals surface area contributed by atoms with E-state index in [1.807, 2.05) is 48.5 Å². The van der Waals surface area contributed by atoms with E-state index in [0.29, 0.717) is 0 Å². The molecule has 3 heteroatoms. The smallest absolute Gasteiger partial charge is 0.144 e. The number of aliphatic hydroxyl groups is 2. The minimum atomic E-state index is -0.193. The number of hydrogen-bond donors (Lipinski definition) is 2. The molecular weight excluding hydrogens is 312 g/mol. The van der Waals surface area contributed by atoms with Crippen molar-refractivity contribution in [2.75, 3.05) is 13.2 Å². The number of hydrogen-bond acceptors (Lipinski definition) is 3. The summed E-state index contributed by atoms with van der Waals surface area (Å²) in [6.45, 7) is 0.0994. The van der Waals surface area contributed by atoms with Crippen molar-refractivity contribution in [2.45, 2.75) is 18.3 Å². The van der Waals surface area contributed by atoms with E-state index in [0.717, 1.165) is 17.5 Å². The Balaban J connectivity index is 1.84. The molecule has 2 N–H and O–H groups in total. The molecule has 0 aliphatic heterocycles. The minimum absolute atomic E-state index is 0.0203. The number of fused-ring (bicyclic) bond motifs is 1. The molecule has 3 nitrogen and oxygen atoms in total. The molecule has 130 valence electrons. The highest BCUT2D eigenvalue weighted by Crippen LogP contribution is 2.60. The van der Waals surface area contributed by atoms with Crippen molar-refractivity contribution in [1.82, 2.24) is 0 Å². The number of carbonyl (C=O) groups excluding carboxylic acids is 1. The van der Waals surface area contributed by atoms with Gasteiger partial charge in [0.15, 0.2) is 0 Å². The number of carbonyl (C=O) groups is 1. The Labute approximate surface area is 148 Å². The molecule has 0 unspecified atom stereocenters. The van der Waals surface area contributed by atoms with Gasteiger partial charge in [-0.1, -0.05) is 60.7 Å². The molecule has 4 rings (SSSR count). The molecule has 0 aromatic heterocycles. The number of Topliss-reactive ketones (excluding diaryl/α,β-unsaturated/α-hetero) is 1. The van der Waals surface area contributed by atoms with Gasteiger partial charge in [0.1, 0.15) is 5.78 Å². The molecule has 2 aliphatic carbocycles. The molecule has 0 spiro atoms. The zero-order valence-electron chi connectivity index (χ0n) is 14.2. The van der Waals surface area contributed by atoms with Gasteiger partial charge in [-0.15, -0.1) is 0 Å². The second-order valence-corrected chi connectivity index (χ2v) is 7.45. The molecule has 0 bridgehead atoms. The van der Waals surface area contributed by atoms with Gasteiger partial charge in [-0.05, 0) is 35.3 Å². The first-order chi connectivity index (χ1) is 12.3. The Morgan fingerprint density at radius 1 is 0.760 bits per heavy atom. The summed E-state index contributed by atoms with van der Waals surface area (Å²) < 4.78 is 0. The van der Waals surface area contributed by atoms with Crippen molar-refractivity contribution in [3.05, 3.63) is 71.8 Å². The first kappa shape index (κ1) is 16.5. The summed E-state index contributed by atoms with van der Waals surface area (Å²) in [5, 5.41) is 19.8.